The van der Waals surface area contributed by atoms with Gasteiger partial charge in [0.05, 0.1) is 11.5 Å². The van der Waals surface area contributed by atoms with E-state index in [-0.39, 0.29) is 11.5 Å². The minimum Gasteiger partial charge on any atom is -0.379 e. The normalized spacial score (nSPS) is 32.5. The Hall–Kier alpha value is -0.0500. The SMILES string of the molecule is C=CCN1C[C@@H](OC)[C@@H](Cl)[C@H]1CC(C)C. The molecule has 1 aliphatic rings. The lowest BCUT2D eigenvalue weighted by Crippen LogP contribution is -2.34. The van der Waals surface area contributed by atoms with E-state index in [0.717, 1.165) is 19.5 Å². The van der Waals surface area contributed by atoms with Crippen molar-refractivity contribution in [1.82, 2.24) is 4.90 Å². The quantitative estimate of drug-likeness (QED) is 0.533. The molecular formula is C12H22ClNO. The van der Waals surface area contributed by atoms with Crippen LogP contribution in [-0.2, 0) is 4.74 Å². The summed E-state index contributed by atoms with van der Waals surface area (Å²) in [6.07, 6.45) is 3.23. The lowest BCUT2D eigenvalue weighted by molar-refractivity contribution is 0.111. The van der Waals surface area contributed by atoms with Gasteiger partial charge in [0.15, 0.2) is 0 Å². The van der Waals surface area contributed by atoms with Gasteiger partial charge in [-0.3, -0.25) is 4.90 Å². The molecule has 88 valence electrons. The van der Waals surface area contributed by atoms with Crippen LogP contribution < -0.4 is 0 Å². The van der Waals surface area contributed by atoms with E-state index in [2.05, 4.69) is 25.3 Å². The van der Waals surface area contributed by atoms with Crippen molar-refractivity contribution < 1.29 is 4.74 Å². The third-order valence-electron chi connectivity index (χ3n) is 2.99. The second-order valence-electron chi connectivity index (χ2n) is 4.66. The van der Waals surface area contributed by atoms with Crippen molar-refractivity contribution in [3.8, 4) is 0 Å². The van der Waals surface area contributed by atoms with Gasteiger partial charge in [0.25, 0.3) is 0 Å². The van der Waals surface area contributed by atoms with Gasteiger partial charge in [-0.25, -0.2) is 0 Å². The highest BCUT2D eigenvalue weighted by Crippen LogP contribution is 2.29. The van der Waals surface area contributed by atoms with Crippen LogP contribution >= 0.6 is 11.6 Å². The fourth-order valence-electron chi connectivity index (χ4n) is 2.26. The highest BCUT2D eigenvalue weighted by molar-refractivity contribution is 6.21. The zero-order valence-electron chi connectivity index (χ0n) is 9.95. The standard InChI is InChI=1S/C12H22ClNO/c1-5-6-14-8-11(15-4)12(13)10(14)7-9(2)3/h5,9-12H,1,6-8H2,2-4H3/t10-,11-,12+/m1/s1. The van der Waals surface area contributed by atoms with Gasteiger partial charge in [0, 0.05) is 26.2 Å². The van der Waals surface area contributed by atoms with Crippen LogP contribution in [0.5, 0.6) is 0 Å². The molecule has 1 rings (SSSR count). The van der Waals surface area contributed by atoms with Gasteiger partial charge in [-0.2, -0.15) is 0 Å². The smallest absolute Gasteiger partial charge is 0.0876 e. The van der Waals surface area contributed by atoms with E-state index < -0.39 is 0 Å². The topological polar surface area (TPSA) is 12.5 Å². The van der Waals surface area contributed by atoms with E-state index in [1.54, 1.807) is 7.11 Å². The Balaban J connectivity index is 2.64. The van der Waals surface area contributed by atoms with Gasteiger partial charge in [0.2, 0.25) is 0 Å². The van der Waals surface area contributed by atoms with Crippen LogP contribution in [-0.4, -0.2) is 42.6 Å². The number of methoxy groups -OCH3 is 1. The number of likely N-dealkylation sites (tertiary alicyclic amines) is 1. The molecule has 0 aromatic rings. The molecular weight excluding hydrogens is 210 g/mol. The molecule has 1 saturated heterocycles. The van der Waals surface area contributed by atoms with Crippen LogP contribution in [0.25, 0.3) is 0 Å². The maximum atomic E-state index is 6.42. The van der Waals surface area contributed by atoms with E-state index in [0.29, 0.717) is 12.0 Å². The van der Waals surface area contributed by atoms with Crippen LogP contribution in [0.4, 0.5) is 0 Å². The third kappa shape index (κ3) is 3.20. The molecule has 0 bridgehead atoms. The Kier molecular flexibility index (Phi) is 5.10. The van der Waals surface area contributed by atoms with Crippen molar-refractivity contribution in [2.75, 3.05) is 20.2 Å². The van der Waals surface area contributed by atoms with Crippen LogP contribution in [0.3, 0.4) is 0 Å². The molecule has 1 heterocycles. The molecule has 0 saturated carbocycles. The molecule has 0 aromatic carbocycles. The number of hydrogen-bond acceptors (Lipinski definition) is 2. The summed E-state index contributed by atoms with van der Waals surface area (Å²) in [5, 5.41) is 0.109. The zero-order chi connectivity index (χ0) is 11.4. The summed E-state index contributed by atoms with van der Waals surface area (Å²) in [5.74, 6) is 0.666. The number of alkyl halides is 1. The van der Waals surface area contributed by atoms with Gasteiger partial charge in [-0.1, -0.05) is 19.9 Å². The largest absolute Gasteiger partial charge is 0.379 e. The first-order valence-corrected chi connectivity index (χ1v) is 6.05. The van der Waals surface area contributed by atoms with Crippen LogP contribution in [0, 0.1) is 5.92 Å². The third-order valence-corrected chi connectivity index (χ3v) is 3.56. The summed E-state index contributed by atoms with van der Waals surface area (Å²) in [4.78, 5) is 2.37. The molecule has 0 amide bonds. The molecule has 0 aromatic heterocycles. The minimum absolute atomic E-state index is 0.109. The summed E-state index contributed by atoms with van der Waals surface area (Å²) >= 11 is 6.42. The molecule has 3 atom stereocenters. The number of hydrogen-bond donors (Lipinski definition) is 0. The first-order chi connectivity index (χ1) is 7.10. The lowest BCUT2D eigenvalue weighted by Gasteiger charge is -2.25. The summed E-state index contributed by atoms with van der Waals surface area (Å²) in [6.45, 7) is 10.1. The Morgan fingerprint density at radius 1 is 1.60 bits per heavy atom. The van der Waals surface area contributed by atoms with E-state index in [4.69, 9.17) is 16.3 Å². The maximum absolute atomic E-state index is 6.42. The van der Waals surface area contributed by atoms with Crippen LogP contribution in [0.15, 0.2) is 12.7 Å². The van der Waals surface area contributed by atoms with Crippen LogP contribution in [0.1, 0.15) is 20.3 Å². The van der Waals surface area contributed by atoms with Crippen molar-refractivity contribution in [3.63, 3.8) is 0 Å². The van der Waals surface area contributed by atoms with Crippen molar-refractivity contribution in [2.45, 2.75) is 37.8 Å². The molecule has 0 N–H and O–H groups in total. The first-order valence-electron chi connectivity index (χ1n) is 5.62. The first kappa shape index (κ1) is 13.0. The second kappa shape index (κ2) is 5.88. The minimum atomic E-state index is 0.109. The van der Waals surface area contributed by atoms with E-state index >= 15 is 0 Å². The van der Waals surface area contributed by atoms with Gasteiger partial charge in [0.1, 0.15) is 0 Å². The average molecular weight is 232 g/mol. The second-order valence-corrected chi connectivity index (χ2v) is 5.16. The Morgan fingerprint density at radius 2 is 2.27 bits per heavy atom. The molecule has 1 fully saturated rings. The molecule has 2 nitrogen and oxygen atoms in total. The maximum Gasteiger partial charge on any atom is 0.0876 e. The predicted molar refractivity (Wildman–Crippen MR) is 65.5 cm³/mol. The predicted octanol–water partition coefficient (Wildman–Crippen LogP) is 2.53. The van der Waals surface area contributed by atoms with E-state index in [1.807, 2.05) is 6.08 Å². The highest BCUT2D eigenvalue weighted by Gasteiger charge is 2.40. The van der Waals surface area contributed by atoms with Crippen molar-refractivity contribution >= 4 is 11.6 Å². The van der Waals surface area contributed by atoms with Crippen LogP contribution in [0.2, 0.25) is 0 Å². The number of ether oxygens (including phenoxy) is 1. The molecule has 15 heavy (non-hydrogen) atoms. The van der Waals surface area contributed by atoms with Gasteiger partial charge in [-0.15, -0.1) is 18.2 Å². The van der Waals surface area contributed by atoms with Crippen molar-refractivity contribution in [1.29, 1.82) is 0 Å². The lowest BCUT2D eigenvalue weighted by atomic mass is 10.0. The summed E-state index contributed by atoms with van der Waals surface area (Å²) in [5.41, 5.74) is 0. The molecule has 1 aliphatic heterocycles. The van der Waals surface area contributed by atoms with Gasteiger partial charge in [-0.05, 0) is 12.3 Å². The molecule has 0 radical (unpaired) electrons. The molecule has 0 spiro atoms. The Morgan fingerprint density at radius 3 is 2.73 bits per heavy atom. The number of nitrogens with zero attached hydrogens (tertiary/aromatic N) is 1. The Bertz CT molecular complexity index is 208. The summed E-state index contributed by atoms with van der Waals surface area (Å²) in [7, 11) is 1.74. The van der Waals surface area contributed by atoms with E-state index in [9.17, 15) is 0 Å². The molecule has 0 aliphatic carbocycles. The number of halogens is 1. The molecule has 0 unspecified atom stereocenters. The summed E-state index contributed by atoms with van der Waals surface area (Å²) < 4.78 is 5.40. The monoisotopic (exact) mass is 231 g/mol. The number of rotatable bonds is 5. The van der Waals surface area contributed by atoms with Crippen molar-refractivity contribution in [2.24, 2.45) is 5.92 Å². The fraction of sp³-hybridized carbons (Fsp3) is 0.833. The molecule has 3 heteroatoms. The fourth-order valence-corrected chi connectivity index (χ4v) is 2.70. The van der Waals surface area contributed by atoms with E-state index in [1.165, 1.54) is 0 Å². The Labute approximate surface area is 98.2 Å². The zero-order valence-corrected chi connectivity index (χ0v) is 10.7. The van der Waals surface area contributed by atoms with Gasteiger partial charge >= 0.3 is 0 Å². The summed E-state index contributed by atoms with van der Waals surface area (Å²) in [6, 6.07) is 0.426. The van der Waals surface area contributed by atoms with Crippen molar-refractivity contribution in [3.05, 3.63) is 12.7 Å². The van der Waals surface area contributed by atoms with Gasteiger partial charge < -0.3 is 4.74 Å². The average Bonchev–Trinajstić information content (AvgIpc) is 2.46. The highest BCUT2D eigenvalue weighted by atomic mass is 35.5.